The van der Waals surface area contributed by atoms with Gasteiger partial charge in [-0.05, 0) is 18.2 Å². The van der Waals surface area contributed by atoms with Crippen molar-refractivity contribution in [2.45, 2.75) is 6.54 Å². The summed E-state index contributed by atoms with van der Waals surface area (Å²) in [6.07, 6.45) is 3.64. The average molecular weight is 320 g/mol. The summed E-state index contributed by atoms with van der Waals surface area (Å²) < 4.78 is 29.3. The number of aromatic nitrogens is 2. The molecule has 1 amide bonds. The summed E-state index contributed by atoms with van der Waals surface area (Å²) in [6, 6.07) is 5.35. The minimum atomic E-state index is -0.809. The Morgan fingerprint density at radius 1 is 1.04 bits per heavy atom. The fourth-order valence-corrected chi connectivity index (χ4v) is 2.71. The summed E-state index contributed by atoms with van der Waals surface area (Å²) in [5, 5.41) is 4.15. The summed E-state index contributed by atoms with van der Waals surface area (Å²) in [5.41, 5.74) is -0.461. The van der Waals surface area contributed by atoms with E-state index in [0.29, 0.717) is 26.2 Å². The third-order valence-electron chi connectivity index (χ3n) is 4.04. The molecule has 1 aliphatic rings. The Morgan fingerprint density at radius 3 is 2.35 bits per heavy atom. The Bertz CT molecular complexity index is 646. The number of benzene rings is 1. The molecule has 0 bridgehead atoms. The first kappa shape index (κ1) is 15.6. The lowest BCUT2D eigenvalue weighted by molar-refractivity contribution is 0.0622. The van der Waals surface area contributed by atoms with Crippen LogP contribution in [-0.4, -0.2) is 58.2 Å². The molecule has 7 heteroatoms. The predicted octanol–water partition coefficient (Wildman–Crippen LogP) is 1.62. The van der Waals surface area contributed by atoms with Crippen LogP contribution in [0.2, 0.25) is 0 Å². The van der Waals surface area contributed by atoms with Crippen LogP contribution in [0.25, 0.3) is 0 Å². The molecule has 2 heterocycles. The van der Waals surface area contributed by atoms with Gasteiger partial charge in [0.05, 0.1) is 6.54 Å². The fourth-order valence-electron chi connectivity index (χ4n) is 2.71. The average Bonchev–Trinajstić information content (AvgIpc) is 3.06. The minimum absolute atomic E-state index is 0.461. The van der Waals surface area contributed by atoms with Crippen LogP contribution in [0.1, 0.15) is 10.4 Å². The number of halogens is 2. The predicted molar refractivity (Wildman–Crippen MR) is 80.9 cm³/mol. The third-order valence-corrected chi connectivity index (χ3v) is 4.04. The zero-order valence-electron chi connectivity index (χ0n) is 12.7. The van der Waals surface area contributed by atoms with Crippen molar-refractivity contribution in [3.8, 4) is 0 Å². The van der Waals surface area contributed by atoms with E-state index in [1.165, 1.54) is 11.0 Å². The molecule has 1 aromatic carbocycles. The van der Waals surface area contributed by atoms with Crippen LogP contribution >= 0.6 is 0 Å². The van der Waals surface area contributed by atoms with E-state index >= 15 is 0 Å². The molecule has 0 spiro atoms. The minimum Gasteiger partial charge on any atom is -0.336 e. The van der Waals surface area contributed by atoms with Crippen molar-refractivity contribution < 1.29 is 13.6 Å². The van der Waals surface area contributed by atoms with Crippen LogP contribution in [0.4, 0.5) is 8.78 Å². The van der Waals surface area contributed by atoms with E-state index in [0.717, 1.165) is 25.2 Å². The van der Waals surface area contributed by atoms with Crippen molar-refractivity contribution in [1.82, 2.24) is 19.6 Å². The smallest absolute Gasteiger partial charge is 0.259 e. The van der Waals surface area contributed by atoms with Gasteiger partial charge in [-0.15, -0.1) is 0 Å². The Morgan fingerprint density at radius 2 is 1.74 bits per heavy atom. The van der Waals surface area contributed by atoms with Crippen LogP contribution in [-0.2, 0) is 6.54 Å². The van der Waals surface area contributed by atoms with E-state index in [1.54, 1.807) is 6.20 Å². The topological polar surface area (TPSA) is 41.4 Å². The van der Waals surface area contributed by atoms with Gasteiger partial charge in [-0.25, -0.2) is 8.78 Å². The third kappa shape index (κ3) is 3.56. The highest BCUT2D eigenvalue weighted by molar-refractivity contribution is 5.94. The second-order valence-corrected chi connectivity index (χ2v) is 5.50. The molecule has 23 heavy (non-hydrogen) atoms. The Labute approximate surface area is 133 Å². The summed E-state index contributed by atoms with van der Waals surface area (Å²) in [7, 11) is 0. The zero-order chi connectivity index (χ0) is 16.2. The number of nitrogens with zero attached hydrogens (tertiary/aromatic N) is 4. The van der Waals surface area contributed by atoms with Crippen LogP contribution in [0.5, 0.6) is 0 Å². The Hall–Kier alpha value is -2.28. The van der Waals surface area contributed by atoms with E-state index in [9.17, 15) is 13.6 Å². The van der Waals surface area contributed by atoms with Gasteiger partial charge in [0.25, 0.3) is 5.91 Å². The molecule has 0 saturated carbocycles. The first-order valence-electron chi connectivity index (χ1n) is 7.58. The number of hydrogen-bond acceptors (Lipinski definition) is 3. The van der Waals surface area contributed by atoms with Crippen LogP contribution in [0.15, 0.2) is 36.7 Å². The highest BCUT2D eigenvalue weighted by Gasteiger charge is 2.26. The lowest BCUT2D eigenvalue weighted by atomic mass is 10.1. The number of hydrogen-bond donors (Lipinski definition) is 0. The molecule has 5 nitrogen and oxygen atoms in total. The van der Waals surface area contributed by atoms with Gasteiger partial charge >= 0.3 is 0 Å². The Balaban J connectivity index is 1.55. The lowest BCUT2D eigenvalue weighted by Crippen LogP contribution is -2.49. The van der Waals surface area contributed by atoms with Gasteiger partial charge in [-0.1, -0.05) is 6.07 Å². The molecule has 0 aliphatic carbocycles. The monoisotopic (exact) mass is 320 g/mol. The van der Waals surface area contributed by atoms with Crippen molar-refractivity contribution >= 4 is 5.91 Å². The van der Waals surface area contributed by atoms with E-state index in [1.807, 2.05) is 16.9 Å². The van der Waals surface area contributed by atoms with Crippen LogP contribution in [0, 0.1) is 11.6 Å². The molecule has 1 aromatic heterocycles. The molecule has 0 radical (unpaired) electrons. The lowest BCUT2D eigenvalue weighted by Gasteiger charge is -2.34. The van der Waals surface area contributed by atoms with Gasteiger partial charge in [0.1, 0.15) is 17.2 Å². The molecule has 1 fully saturated rings. The van der Waals surface area contributed by atoms with Gasteiger partial charge in [0.15, 0.2) is 0 Å². The largest absolute Gasteiger partial charge is 0.336 e. The number of carbonyl (C=O) groups excluding carboxylic acids is 1. The number of amides is 1. The van der Waals surface area contributed by atoms with E-state index in [-0.39, 0.29) is 0 Å². The first-order chi connectivity index (χ1) is 11.1. The quantitative estimate of drug-likeness (QED) is 0.860. The number of rotatable bonds is 4. The summed E-state index contributed by atoms with van der Waals surface area (Å²) >= 11 is 0. The SMILES string of the molecule is O=C(c1c(F)cccc1F)N1CCN(CCn2cccn2)CC1. The van der Waals surface area contributed by atoms with Crippen molar-refractivity contribution in [2.75, 3.05) is 32.7 Å². The molecule has 0 atom stereocenters. The maximum Gasteiger partial charge on any atom is 0.259 e. The second kappa shape index (κ2) is 6.87. The van der Waals surface area contributed by atoms with Crippen molar-refractivity contribution in [2.24, 2.45) is 0 Å². The van der Waals surface area contributed by atoms with Gasteiger partial charge in [-0.3, -0.25) is 14.4 Å². The summed E-state index contributed by atoms with van der Waals surface area (Å²) in [5.74, 6) is -2.19. The molecule has 1 aliphatic heterocycles. The van der Waals surface area contributed by atoms with Gasteiger partial charge < -0.3 is 4.90 Å². The van der Waals surface area contributed by atoms with Crippen molar-refractivity contribution in [3.05, 3.63) is 53.9 Å². The summed E-state index contributed by atoms with van der Waals surface area (Å²) in [4.78, 5) is 16.0. The molecule has 2 aromatic rings. The Kier molecular flexibility index (Phi) is 4.66. The standard InChI is InChI=1S/C16H18F2N4O/c17-13-3-1-4-14(18)15(13)16(23)21-10-7-20(8-11-21)9-12-22-6-2-5-19-22/h1-6H,7-12H2. The van der Waals surface area contributed by atoms with E-state index in [2.05, 4.69) is 10.00 Å². The first-order valence-corrected chi connectivity index (χ1v) is 7.58. The molecule has 0 unspecified atom stereocenters. The van der Waals surface area contributed by atoms with Crippen molar-refractivity contribution in [3.63, 3.8) is 0 Å². The van der Waals surface area contributed by atoms with Crippen molar-refractivity contribution in [1.29, 1.82) is 0 Å². The van der Waals surface area contributed by atoms with Gasteiger partial charge in [0, 0.05) is 45.1 Å². The highest BCUT2D eigenvalue weighted by atomic mass is 19.1. The van der Waals surface area contributed by atoms with E-state index < -0.39 is 23.1 Å². The normalized spacial score (nSPS) is 15.8. The maximum absolute atomic E-state index is 13.7. The molecule has 0 N–H and O–H groups in total. The van der Waals surface area contributed by atoms with Crippen LogP contribution in [0.3, 0.4) is 0 Å². The molecule has 122 valence electrons. The van der Waals surface area contributed by atoms with Gasteiger partial charge in [0.2, 0.25) is 0 Å². The fraction of sp³-hybridized carbons (Fsp3) is 0.375. The number of piperazine rings is 1. The highest BCUT2D eigenvalue weighted by Crippen LogP contribution is 2.16. The van der Waals surface area contributed by atoms with Gasteiger partial charge in [-0.2, -0.15) is 5.10 Å². The number of carbonyl (C=O) groups is 1. The molecular formula is C16H18F2N4O. The summed E-state index contributed by atoms with van der Waals surface area (Å²) in [6.45, 7) is 3.91. The van der Waals surface area contributed by atoms with Crippen LogP contribution < -0.4 is 0 Å². The molecule has 1 saturated heterocycles. The molecule has 3 rings (SSSR count). The van der Waals surface area contributed by atoms with E-state index in [4.69, 9.17) is 0 Å². The maximum atomic E-state index is 13.7. The zero-order valence-corrected chi connectivity index (χ0v) is 12.7. The molecular weight excluding hydrogens is 302 g/mol. The second-order valence-electron chi connectivity index (χ2n) is 5.50.